The maximum atomic E-state index is 12.2. The lowest BCUT2D eigenvalue weighted by molar-refractivity contribution is -0.119. The summed E-state index contributed by atoms with van der Waals surface area (Å²) in [5, 5.41) is 7.33. The van der Waals surface area contributed by atoms with Crippen LogP contribution in [0, 0.1) is 12.8 Å². The lowest BCUT2D eigenvalue weighted by atomic mass is 10.0. The number of nitrogens with zero attached hydrogens (tertiary/aromatic N) is 2. The Labute approximate surface area is 132 Å². The molecule has 0 radical (unpaired) electrons. The maximum Gasteiger partial charge on any atom is 0.229 e. The van der Waals surface area contributed by atoms with Gasteiger partial charge in [-0.3, -0.25) is 4.79 Å². The number of halogens is 1. The van der Waals surface area contributed by atoms with Crippen molar-refractivity contribution in [1.82, 2.24) is 9.78 Å². The first-order valence-corrected chi connectivity index (χ1v) is 7.57. The van der Waals surface area contributed by atoms with Gasteiger partial charge in [0.05, 0.1) is 17.3 Å². The molecule has 5 nitrogen and oxygen atoms in total. The van der Waals surface area contributed by atoms with Crippen LogP contribution in [0.5, 0.6) is 0 Å². The molecule has 1 aromatic carbocycles. The fourth-order valence-corrected chi connectivity index (χ4v) is 2.26. The molecule has 2 unspecified atom stereocenters. The highest BCUT2D eigenvalue weighted by Gasteiger charge is 2.19. The fourth-order valence-electron chi connectivity index (χ4n) is 1.87. The average molecular weight is 351 g/mol. The number of carbonyl (C=O) groups excluding carboxylic acids is 1. The van der Waals surface area contributed by atoms with Gasteiger partial charge in [0.1, 0.15) is 5.82 Å². The van der Waals surface area contributed by atoms with Gasteiger partial charge in [0, 0.05) is 16.6 Å². The Kier molecular flexibility index (Phi) is 4.80. The predicted molar refractivity (Wildman–Crippen MR) is 87.4 cm³/mol. The highest BCUT2D eigenvalue weighted by molar-refractivity contribution is 9.10. The van der Waals surface area contributed by atoms with Crippen LogP contribution in [-0.4, -0.2) is 21.7 Å². The van der Waals surface area contributed by atoms with E-state index in [0.717, 1.165) is 15.9 Å². The second-order valence-electron chi connectivity index (χ2n) is 5.20. The molecule has 1 heterocycles. The quantitative estimate of drug-likeness (QED) is 0.890. The number of nitrogens with two attached hydrogens (primary N) is 1. The summed E-state index contributed by atoms with van der Waals surface area (Å²) in [5.74, 6) is 0.264. The van der Waals surface area contributed by atoms with Crippen LogP contribution in [0.25, 0.3) is 5.69 Å². The van der Waals surface area contributed by atoms with Crippen LogP contribution >= 0.6 is 15.9 Å². The molecule has 2 atom stereocenters. The van der Waals surface area contributed by atoms with E-state index in [-0.39, 0.29) is 17.9 Å². The predicted octanol–water partition coefficient (Wildman–Crippen LogP) is 2.87. The smallest absolute Gasteiger partial charge is 0.229 e. The summed E-state index contributed by atoms with van der Waals surface area (Å²) in [6, 6.07) is 9.38. The molecule has 2 aromatic rings. The van der Waals surface area contributed by atoms with E-state index < -0.39 is 0 Å². The van der Waals surface area contributed by atoms with Crippen molar-refractivity contribution in [3.63, 3.8) is 0 Å². The van der Waals surface area contributed by atoms with Gasteiger partial charge < -0.3 is 11.1 Å². The van der Waals surface area contributed by atoms with Crippen LogP contribution in [-0.2, 0) is 4.79 Å². The van der Waals surface area contributed by atoms with Gasteiger partial charge in [0.15, 0.2) is 0 Å². The van der Waals surface area contributed by atoms with Gasteiger partial charge >= 0.3 is 0 Å². The molecule has 0 bridgehead atoms. The fraction of sp³-hybridized carbons (Fsp3) is 0.333. The van der Waals surface area contributed by atoms with Crippen molar-refractivity contribution < 1.29 is 4.79 Å². The molecule has 0 aliphatic carbocycles. The van der Waals surface area contributed by atoms with Gasteiger partial charge in [-0.15, -0.1) is 0 Å². The molecular formula is C15H19BrN4O. The second kappa shape index (κ2) is 6.41. The summed E-state index contributed by atoms with van der Waals surface area (Å²) in [6.45, 7) is 5.52. The third kappa shape index (κ3) is 3.71. The standard InChI is InChI=1S/C15H19BrN4O/c1-9-7-14(18-15(21)10(2)11(3)17)20(19-9)13-6-4-5-12(16)8-13/h4-8,10-11H,17H2,1-3H3,(H,18,21). The third-order valence-electron chi connectivity index (χ3n) is 3.34. The molecule has 0 saturated carbocycles. The molecule has 112 valence electrons. The summed E-state index contributed by atoms with van der Waals surface area (Å²) >= 11 is 3.44. The molecule has 0 aliphatic rings. The average Bonchev–Trinajstić information content (AvgIpc) is 2.78. The molecule has 0 fully saturated rings. The van der Waals surface area contributed by atoms with Crippen molar-refractivity contribution in [3.8, 4) is 5.69 Å². The van der Waals surface area contributed by atoms with Gasteiger partial charge in [0.2, 0.25) is 5.91 Å². The van der Waals surface area contributed by atoms with E-state index in [1.165, 1.54) is 0 Å². The molecule has 2 rings (SSSR count). The van der Waals surface area contributed by atoms with E-state index in [1.807, 2.05) is 51.1 Å². The van der Waals surface area contributed by atoms with Crippen molar-refractivity contribution in [2.75, 3.05) is 5.32 Å². The van der Waals surface area contributed by atoms with E-state index in [9.17, 15) is 4.79 Å². The number of amides is 1. The minimum absolute atomic E-state index is 0.110. The number of carbonyl (C=O) groups is 1. The summed E-state index contributed by atoms with van der Waals surface area (Å²) < 4.78 is 2.67. The van der Waals surface area contributed by atoms with Crippen LogP contribution in [0.1, 0.15) is 19.5 Å². The van der Waals surface area contributed by atoms with Crippen molar-refractivity contribution in [3.05, 3.63) is 40.5 Å². The lowest BCUT2D eigenvalue weighted by Crippen LogP contribution is -2.34. The number of anilines is 1. The molecule has 3 N–H and O–H groups in total. The molecule has 21 heavy (non-hydrogen) atoms. The number of aryl methyl sites for hydroxylation is 1. The first-order valence-electron chi connectivity index (χ1n) is 6.77. The Morgan fingerprint density at radius 1 is 1.38 bits per heavy atom. The Bertz CT molecular complexity index is 651. The van der Waals surface area contributed by atoms with Crippen molar-refractivity contribution >= 4 is 27.7 Å². The number of hydrogen-bond acceptors (Lipinski definition) is 3. The number of nitrogens with one attached hydrogen (secondary N) is 1. The van der Waals surface area contributed by atoms with E-state index >= 15 is 0 Å². The van der Waals surface area contributed by atoms with Gasteiger partial charge in [-0.1, -0.05) is 28.9 Å². The number of benzene rings is 1. The zero-order chi connectivity index (χ0) is 15.6. The van der Waals surface area contributed by atoms with Gasteiger partial charge in [-0.2, -0.15) is 5.10 Å². The summed E-state index contributed by atoms with van der Waals surface area (Å²) in [6.07, 6.45) is 0. The summed E-state index contributed by atoms with van der Waals surface area (Å²) in [4.78, 5) is 12.2. The monoisotopic (exact) mass is 350 g/mol. The maximum absolute atomic E-state index is 12.2. The van der Waals surface area contributed by atoms with E-state index in [1.54, 1.807) is 4.68 Å². The number of rotatable bonds is 4. The molecule has 6 heteroatoms. The van der Waals surface area contributed by atoms with Crippen molar-refractivity contribution in [2.45, 2.75) is 26.8 Å². The Morgan fingerprint density at radius 3 is 2.71 bits per heavy atom. The van der Waals surface area contributed by atoms with E-state index in [2.05, 4.69) is 26.3 Å². The zero-order valence-electron chi connectivity index (χ0n) is 12.3. The highest BCUT2D eigenvalue weighted by atomic mass is 79.9. The third-order valence-corrected chi connectivity index (χ3v) is 3.83. The van der Waals surface area contributed by atoms with E-state index in [4.69, 9.17) is 5.73 Å². The second-order valence-corrected chi connectivity index (χ2v) is 6.12. The Balaban J connectivity index is 2.31. The van der Waals surface area contributed by atoms with Crippen molar-refractivity contribution in [1.29, 1.82) is 0 Å². The summed E-state index contributed by atoms with van der Waals surface area (Å²) in [5.41, 5.74) is 7.48. The SMILES string of the molecule is Cc1cc(NC(=O)C(C)C(C)N)n(-c2cccc(Br)c2)n1. The van der Waals surface area contributed by atoms with Crippen LogP contribution in [0.3, 0.4) is 0 Å². The Hall–Kier alpha value is -1.66. The number of hydrogen-bond donors (Lipinski definition) is 2. The molecule has 0 aliphatic heterocycles. The number of aromatic nitrogens is 2. The lowest BCUT2D eigenvalue weighted by Gasteiger charge is -2.16. The van der Waals surface area contributed by atoms with Crippen LogP contribution in [0.4, 0.5) is 5.82 Å². The normalized spacial score (nSPS) is 13.8. The molecule has 1 aromatic heterocycles. The minimum Gasteiger partial charge on any atom is -0.327 e. The largest absolute Gasteiger partial charge is 0.327 e. The Morgan fingerprint density at radius 2 is 2.10 bits per heavy atom. The summed E-state index contributed by atoms with van der Waals surface area (Å²) in [7, 11) is 0. The zero-order valence-corrected chi connectivity index (χ0v) is 13.9. The van der Waals surface area contributed by atoms with E-state index in [0.29, 0.717) is 5.82 Å². The molecule has 0 spiro atoms. The highest BCUT2D eigenvalue weighted by Crippen LogP contribution is 2.21. The van der Waals surface area contributed by atoms with Crippen LogP contribution in [0.2, 0.25) is 0 Å². The van der Waals surface area contributed by atoms with Crippen LogP contribution < -0.4 is 11.1 Å². The first-order chi connectivity index (χ1) is 9.88. The van der Waals surface area contributed by atoms with Crippen LogP contribution in [0.15, 0.2) is 34.8 Å². The minimum atomic E-state index is -0.267. The first kappa shape index (κ1) is 15.7. The molecule has 1 amide bonds. The van der Waals surface area contributed by atoms with Gasteiger partial charge in [0.25, 0.3) is 0 Å². The topological polar surface area (TPSA) is 72.9 Å². The van der Waals surface area contributed by atoms with Gasteiger partial charge in [-0.05, 0) is 32.0 Å². The van der Waals surface area contributed by atoms with Gasteiger partial charge in [-0.25, -0.2) is 4.68 Å². The molecular weight excluding hydrogens is 332 g/mol. The molecule has 0 saturated heterocycles. The van der Waals surface area contributed by atoms with Crippen molar-refractivity contribution in [2.24, 2.45) is 11.7 Å².